The number of rotatable bonds is 5. The fourth-order valence-electron chi connectivity index (χ4n) is 4.24. The summed E-state index contributed by atoms with van der Waals surface area (Å²) in [5.41, 5.74) is 5.47. The number of methoxy groups -OCH3 is 1. The molecule has 0 unspecified atom stereocenters. The van der Waals surface area contributed by atoms with Gasteiger partial charge in [0.1, 0.15) is 5.75 Å². The lowest BCUT2D eigenvalue weighted by Gasteiger charge is -2.32. The van der Waals surface area contributed by atoms with E-state index in [-0.39, 0.29) is 5.91 Å². The molecule has 154 valence electrons. The summed E-state index contributed by atoms with van der Waals surface area (Å²) >= 11 is 0. The number of piperidine rings is 1. The van der Waals surface area contributed by atoms with Gasteiger partial charge in [0.05, 0.1) is 7.11 Å². The van der Waals surface area contributed by atoms with Crippen LogP contribution in [0.5, 0.6) is 5.75 Å². The van der Waals surface area contributed by atoms with Gasteiger partial charge in [0.25, 0.3) is 5.91 Å². The zero-order valence-corrected chi connectivity index (χ0v) is 17.7. The number of pyridine rings is 1. The van der Waals surface area contributed by atoms with E-state index in [4.69, 9.17) is 9.72 Å². The van der Waals surface area contributed by atoms with E-state index in [1.54, 1.807) is 7.11 Å². The Morgan fingerprint density at radius 2 is 1.77 bits per heavy atom. The molecular formula is C26H28N2O2. The number of carbonyl (C=O) groups is 1. The van der Waals surface area contributed by atoms with Gasteiger partial charge in [-0.25, -0.2) is 0 Å². The van der Waals surface area contributed by atoms with Gasteiger partial charge in [-0.15, -0.1) is 0 Å². The Balaban J connectivity index is 1.44. The molecular weight excluding hydrogens is 372 g/mol. The molecule has 4 rings (SSSR count). The normalized spacial score (nSPS) is 14.5. The van der Waals surface area contributed by atoms with Crippen LogP contribution in [-0.2, 0) is 6.42 Å². The number of aromatic nitrogens is 1. The second-order valence-electron chi connectivity index (χ2n) is 8.00. The van der Waals surface area contributed by atoms with Gasteiger partial charge in [0.15, 0.2) is 0 Å². The van der Waals surface area contributed by atoms with Gasteiger partial charge in [0.2, 0.25) is 0 Å². The third kappa shape index (κ3) is 4.70. The molecule has 0 spiro atoms. The third-order valence-corrected chi connectivity index (χ3v) is 5.80. The number of aryl methyl sites for hydroxylation is 1. The van der Waals surface area contributed by atoms with Crippen molar-refractivity contribution in [1.29, 1.82) is 0 Å². The summed E-state index contributed by atoms with van der Waals surface area (Å²) in [5, 5.41) is 0. The molecule has 4 nitrogen and oxygen atoms in total. The highest BCUT2D eigenvalue weighted by molar-refractivity contribution is 5.94. The summed E-state index contributed by atoms with van der Waals surface area (Å²) in [5.74, 6) is 1.41. The van der Waals surface area contributed by atoms with Crippen LogP contribution in [0.2, 0.25) is 0 Å². The monoisotopic (exact) mass is 400 g/mol. The minimum absolute atomic E-state index is 0.130. The van der Waals surface area contributed by atoms with E-state index in [0.717, 1.165) is 55.1 Å². The van der Waals surface area contributed by atoms with Crippen molar-refractivity contribution in [2.24, 2.45) is 0 Å². The van der Waals surface area contributed by atoms with E-state index in [0.29, 0.717) is 5.92 Å². The minimum atomic E-state index is 0.130. The second kappa shape index (κ2) is 9.12. The van der Waals surface area contributed by atoms with Crippen LogP contribution in [0.3, 0.4) is 0 Å². The van der Waals surface area contributed by atoms with Crippen molar-refractivity contribution in [3.05, 3.63) is 94.8 Å². The smallest absolute Gasteiger partial charge is 0.253 e. The van der Waals surface area contributed by atoms with E-state index in [1.165, 1.54) is 11.1 Å². The summed E-state index contributed by atoms with van der Waals surface area (Å²) in [6.07, 6.45) is 2.76. The SMILES string of the molecule is COc1cccc(Cc2cc(C)nc(C3CCN(C(=O)c4ccccc4)CC3)c2)c1. The molecule has 0 N–H and O–H groups in total. The van der Waals surface area contributed by atoms with Gasteiger partial charge >= 0.3 is 0 Å². The first kappa shape index (κ1) is 20.1. The Kier molecular flexibility index (Phi) is 6.12. The number of carbonyl (C=O) groups excluding carboxylic acids is 1. The van der Waals surface area contributed by atoms with Gasteiger partial charge in [-0.2, -0.15) is 0 Å². The number of hydrogen-bond donors (Lipinski definition) is 0. The molecule has 30 heavy (non-hydrogen) atoms. The zero-order valence-electron chi connectivity index (χ0n) is 17.7. The summed E-state index contributed by atoms with van der Waals surface area (Å²) < 4.78 is 5.35. The van der Waals surface area contributed by atoms with Crippen LogP contribution in [0.15, 0.2) is 66.7 Å². The van der Waals surface area contributed by atoms with E-state index in [1.807, 2.05) is 47.4 Å². The summed E-state index contributed by atoms with van der Waals surface area (Å²) in [6, 6.07) is 22.2. The predicted octanol–water partition coefficient (Wildman–Crippen LogP) is 5.01. The lowest BCUT2D eigenvalue weighted by Crippen LogP contribution is -2.38. The average molecular weight is 401 g/mol. The highest BCUT2D eigenvalue weighted by atomic mass is 16.5. The summed E-state index contributed by atoms with van der Waals surface area (Å²) in [7, 11) is 1.70. The number of hydrogen-bond acceptors (Lipinski definition) is 3. The molecule has 1 aromatic heterocycles. The molecule has 0 bridgehead atoms. The second-order valence-corrected chi connectivity index (χ2v) is 8.00. The topological polar surface area (TPSA) is 42.4 Å². The number of ether oxygens (including phenoxy) is 1. The van der Waals surface area contributed by atoms with Gasteiger partial charge in [-0.1, -0.05) is 30.3 Å². The molecule has 1 fully saturated rings. The molecule has 1 saturated heterocycles. The molecule has 0 atom stereocenters. The maximum atomic E-state index is 12.7. The Morgan fingerprint density at radius 3 is 2.50 bits per heavy atom. The van der Waals surface area contributed by atoms with Gasteiger partial charge < -0.3 is 9.64 Å². The molecule has 4 heteroatoms. The molecule has 0 aliphatic carbocycles. The molecule has 1 aliphatic heterocycles. The molecule has 0 saturated carbocycles. The zero-order chi connectivity index (χ0) is 20.9. The van der Waals surface area contributed by atoms with Crippen molar-refractivity contribution in [2.75, 3.05) is 20.2 Å². The van der Waals surface area contributed by atoms with Crippen molar-refractivity contribution in [3.8, 4) is 5.75 Å². The minimum Gasteiger partial charge on any atom is -0.497 e. The third-order valence-electron chi connectivity index (χ3n) is 5.80. The van der Waals surface area contributed by atoms with E-state index >= 15 is 0 Å². The Hall–Kier alpha value is -3.14. The van der Waals surface area contributed by atoms with Crippen LogP contribution in [0, 0.1) is 6.92 Å². The van der Waals surface area contributed by atoms with Crippen molar-refractivity contribution in [1.82, 2.24) is 9.88 Å². The summed E-state index contributed by atoms with van der Waals surface area (Å²) in [4.78, 5) is 19.5. The number of nitrogens with zero attached hydrogens (tertiary/aromatic N) is 2. The first-order valence-electron chi connectivity index (χ1n) is 10.6. The van der Waals surface area contributed by atoms with E-state index < -0.39 is 0 Å². The molecule has 0 radical (unpaired) electrons. The molecule has 2 aromatic carbocycles. The van der Waals surface area contributed by atoms with Crippen LogP contribution >= 0.6 is 0 Å². The lowest BCUT2D eigenvalue weighted by atomic mass is 9.91. The van der Waals surface area contributed by atoms with Gasteiger partial charge in [-0.3, -0.25) is 9.78 Å². The Morgan fingerprint density at radius 1 is 1.00 bits per heavy atom. The standard InChI is InChI=1S/C26H28N2O2/c1-19-15-21(16-20-7-6-10-24(17-20)30-2)18-25(27-19)22-11-13-28(14-12-22)26(29)23-8-4-3-5-9-23/h3-10,15,17-18,22H,11-14,16H2,1-2H3. The van der Waals surface area contributed by atoms with Crippen molar-refractivity contribution in [2.45, 2.75) is 32.1 Å². The van der Waals surface area contributed by atoms with Crippen molar-refractivity contribution < 1.29 is 9.53 Å². The molecule has 1 amide bonds. The van der Waals surface area contributed by atoms with Gasteiger partial charge in [-0.05, 0) is 73.7 Å². The Bertz CT molecular complexity index is 1010. The largest absolute Gasteiger partial charge is 0.497 e. The van der Waals surface area contributed by atoms with Crippen LogP contribution in [0.25, 0.3) is 0 Å². The van der Waals surface area contributed by atoms with Gasteiger partial charge in [0, 0.05) is 36.0 Å². The van der Waals surface area contributed by atoms with Crippen molar-refractivity contribution >= 4 is 5.91 Å². The first-order chi connectivity index (χ1) is 14.6. The highest BCUT2D eigenvalue weighted by Gasteiger charge is 2.25. The Labute approximate surface area is 178 Å². The molecule has 3 aromatic rings. The molecule has 2 heterocycles. The maximum absolute atomic E-state index is 12.7. The maximum Gasteiger partial charge on any atom is 0.253 e. The number of amides is 1. The number of benzene rings is 2. The number of likely N-dealkylation sites (tertiary alicyclic amines) is 1. The highest BCUT2D eigenvalue weighted by Crippen LogP contribution is 2.29. The quantitative estimate of drug-likeness (QED) is 0.605. The fraction of sp³-hybridized carbons (Fsp3) is 0.308. The van der Waals surface area contributed by atoms with Crippen LogP contribution < -0.4 is 4.74 Å². The van der Waals surface area contributed by atoms with E-state index in [2.05, 4.69) is 31.2 Å². The average Bonchev–Trinajstić information content (AvgIpc) is 2.79. The molecule has 1 aliphatic rings. The van der Waals surface area contributed by atoms with Crippen molar-refractivity contribution in [3.63, 3.8) is 0 Å². The first-order valence-corrected chi connectivity index (χ1v) is 10.6. The lowest BCUT2D eigenvalue weighted by molar-refractivity contribution is 0.0712. The van der Waals surface area contributed by atoms with E-state index in [9.17, 15) is 4.79 Å². The van der Waals surface area contributed by atoms with Crippen LogP contribution in [0.4, 0.5) is 0 Å². The fourth-order valence-corrected chi connectivity index (χ4v) is 4.24. The van der Waals surface area contributed by atoms with Crippen LogP contribution in [0.1, 0.15) is 51.6 Å². The predicted molar refractivity (Wildman–Crippen MR) is 119 cm³/mol. The summed E-state index contributed by atoms with van der Waals surface area (Å²) in [6.45, 7) is 3.62. The van der Waals surface area contributed by atoms with Crippen LogP contribution in [-0.4, -0.2) is 36.0 Å².